The molecule has 2 N–H and O–H groups in total. The average molecular weight is 495 g/mol. The molecule has 0 saturated carbocycles. The Balaban J connectivity index is 1.75. The lowest BCUT2D eigenvalue weighted by molar-refractivity contribution is -0.155. The fraction of sp³-hybridized carbons (Fsp3) is 0.600. The number of hydrogen-bond donors (Lipinski definition) is 2. The van der Waals surface area contributed by atoms with Crippen molar-refractivity contribution < 1.29 is 27.6 Å². The lowest BCUT2D eigenvalue weighted by Gasteiger charge is -2.36. The summed E-state index contributed by atoms with van der Waals surface area (Å²) in [7, 11) is 0. The standard InChI is InChI=1S/C25H33F3N4O3/c1-4-17-9-5-6-11-32(17)22(35)13-19(29-21(34)14-25(26,27)28)20(33)12-16(3)24-30-18-10-7-8-15(2)23(18)31-24/h7-8,10,16-17,19H,4-6,9,11-14H2,1-3H3,(H,29,34)(H,30,31)/t16-,17+,19+/m1/s1. The summed E-state index contributed by atoms with van der Waals surface area (Å²) in [5.41, 5.74) is 2.57. The zero-order valence-corrected chi connectivity index (χ0v) is 20.4. The van der Waals surface area contributed by atoms with Crippen LogP contribution < -0.4 is 5.32 Å². The van der Waals surface area contributed by atoms with Gasteiger partial charge in [-0.3, -0.25) is 14.4 Å². The SMILES string of the molecule is CC[C@H]1CCCCN1C(=O)C[C@H](NC(=O)CC(F)(F)F)C(=O)C[C@@H](C)c1nc2c(C)cccc2[nH]1. The van der Waals surface area contributed by atoms with Crippen LogP contribution in [0.3, 0.4) is 0 Å². The third-order valence-electron chi connectivity index (χ3n) is 6.59. The van der Waals surface area contributed by atoms with Crippen molar-refractivity contribution >= 4 is 28.6 Å². The van der Waals surface area contributed by atoms with Gasteiger partial charge in [0.1, 0.15) is 12.2 Å². The minimum absolute atomic E-state index is 0.0376. The number of imidazole rings is 1. The maximum atomic E-state index is 13.2. The van der Waals surface area contributed by atoms with Crippen molar-refractivity contribution in [3.05, 3.63) is 29.6 Å². The fourth-order valence-electron chi connectivity index (χ4n) is 4.69. The molecule has 1 aromatic carbocycles. The Hall–Kier alpha value is -2.91. The third-order valence-corrected chi connectivity index (χ3v) is 6.59. The number of ketones is 1. The molecule has 192 valence electrons. The Kier molecular flexibility index (Phi) is 8.56. The summed E-state index contributed by atoms with van der Waals surface area (Å²) in [5.74, 6) is -1.96. The molecule has 0 bridgehead atoms. The number of carbonyl (C=O) groups excluding carboxylic acids is 3. The number of aromatic nitrogens is 2. The number of aryl methyl sites for hydroxylation is 1. The number of carbonyl (C=O) groups is 3. The first kappa shape index (κ1) is 26.7. The van der Waals surface area contributed by atoms with Gasteiger partial charge in [-0.25, -0.2) is 4.98 Å². The highest BCUT2D eigenvalue weighted by Crippen LogP contribution is 2.25. The second-order valence-electron chi connectivity index (χ2n) is 9.43. The van der Waals surface area contributed by atoms with Gasteiger partial charge >= 0.3 is 6.18 Å². The number of fused-ring (bicyclic) bond motifs is 1. The molecule has 3 atom stereocenters. The van der Waals surface area contributed by atoms with E-state index in [1.807, 2.05) is 32.0 Å². The van der Waals surface area contributed by atoms with Crippen molar-refractivity contribution in [2.75, 3.05) is 6.54 Å². The summed E-state index contributed by atoms with van der Waals surface area (Å²) < 4.78 is 38.2. The van der Waals surface area contributed by atoms with Gasteiger partial charge in [-0.2, -0.15) is 13.2 Å². The van der Waals surface area contributed by atoms with E-state index in [1.54, 1.807) is 11.8 Å². The van der Waals surface area contributed by atoms with Crippen molar-refractivity contribution in [3.8, 4) is 0 Å². The summed E-state index contributed by atoms with van der Waals surface area (Å²) in [6, 6.07) is 4.39. The number of piperidine rings is 1. The minimum Gasteiger partial charge on any atom is -0.345 e. The number of para-hydroxylation sites is 1. The molecule has 1 aromatic heterocycles. The molecule has 2 aromatic rings. The second kappa shape index (κ2) is 11.2. The summed E-state index contributed by atoms with van der Waals surface area (Å²) in [5, 5.41) is 2.18. The molecule has 7 nitrogen and oxygen atoms in total. The predicted molar refractivity (Wildman–Crippen MR) is 126 cm³/mol. The van der Waals surface area contributed by atoms with E-state index in [2.05, 4.69) is 15.3 Å². The Morgan fingerprint density at radius 3 is 2.63 bits per heavy atom. The molecule has 2 heterocycles. The van der Waals surface area contributed by atoms with E-state index in [9.17, 15) is 27.6 Å². The van der Waals surface area contributed by atoms with Crippen LogP contribution in [0.5, 0.6) is 0 Å². The summed E-state index contributed by atoms with van der Waals surface area (Å²) in [6.07, 6.45) is -3.40. The van der Waals surface area contributed by atoms with Crippen LogP contribution in [-0.4, -0.2) is 57.3 Å². The van der Waals surface area contributed by atoms with Crippen molar-refractivity contribution in [2.24, 2.45) is 0 Å². The van der Waals surface area contributed by atoms with Gasteiger partial charge in [0.15, 0.2) is 5.78 Å². The van der Waals surface area contributed by atoms with Crippen LogP contribution in [0.2, 0.25) is 0 Å². The first-order valence-electron chi connectivity index (χ1n) is 12.1. The Bertz CT molecular complexity index is 1070. The number of hydrogen-bond acceptors (Lipinski definition) is 4. The van der Waals surface area contributed by atoms with Crippen LogP contribution in [0.1, 0.15) is 76.1 Å². The molecule has 10 heteroatoms. The molecule has 2 amide bonds. The highest BCUT2D eigenvalue weighted by atomic mass is 19.4. The number of rotatable bonds is 9. The number of nitrogens with zero attached hydrogens (tertiary/aromatic N) is 2. The van der Waals surface area contributed by atoms with E-state index < -0.39 is 30.3 Å². The van der Waals surface area contributed by atoms with Gasteiger partial charge in [0.05, 0.1) is 23.5 Å². The number of nitrogens with one attached hydrogen (secondary N) is 2. The van der Waals surface area contributed by atoms with Crippen LogP contribution in [-0.2, 0) is 14.4 Å². The van der Waals surface area contributed by atoms with Gasteiger partial charge in [0.25, 0.3) is 0 Å². The number of alkyl halides is 3. The molecule has 35 heavy (non-hydrogen) atoms. The van der Waals surface area contributed by atoms with Crippen molar-refractivity contribution in [3.63, 3.8) is 0 Å². The van der Waals surface area contributed by atoms with E-state index in [0.29, 0.717) is 12.4 Å². The Morgan fingerprint density at radius 1 is 1.23 bits per heavy atom. The number of aromatic amines is 1. The maximum Gasteiger partial charge on any atom is 0.397 e. The smallest absolute Gasteiger partial charge is 0.345 e. The van der Waals surface area contributed by atoms with Gasteiger partial charge < -0.3 is 15.2 Å². The summed E-state index contributed by atoms with van der Waals surface area (Å²) >= 11 is 0. The predicted octanol–water partition coefficient (Wildman–Crippen LogP) is 4.55. The molecule has 0 spiro atoms. The number of likely N-dealkylation sites (tertiary alicyclic amines) is 1. The largest absolute Gasteiger partial charge is 0.397 e. The van der Waals surface area contributed by atoms with Gasteiger partial charge in [-0.05, 0) is 44.2 Å². The third kappa shape index (κ3) is 7.05. The quantitative estimate of drug-likeness (QED) is 0.535. The van der Waals surface area contributed by atoms with Crippen molar-refractivity contribution in [2.45, 2.75) is 89.9 Å². The van der Waals surface area contributed by atoms with E-state index in [-0.39, 0.29) is 30.7 Å². The van der Waals surface area contributed by atoms with Gasteiger partial charge in [0, 0.05) is 24.9 Å². The van der Waals surface area contributed by atoms with Crippen LogP contribution in [0.15, 0.2) is 18.2 Å². The molecule has 0 unspecified atom stereocenters. The highest BCUT2D eigenvalue weighted by molar-refractivity contribution is 5.93. The molecule has 1 aliphatic heterocycles. The number of amides is 2. The minimum atomic E-state index is -4.71. The molecular formula is C25H33F3N4O3. The first-order chi connectivity index (χ1) is 16.5. The number of benzene rings is 1. The molecule has 0 aliphatic carbocycles. The van der Waals surface area contributed by atoms with Gasteiger partial charge in [-0.15, -0.1) is 0 Å². The fourth-order valence-corrected chi connectivity index (χ4v) is 4.69. The van der Waals surface area contributed by atoms with Gasteiger partial charge in [-0.1, -0.05) is 26.0 Å². The first-order valence-corrected chi connectivity index (χ1v) is 12.1. The molecule has 1 aliphatic rings. The van der Waals surface area contributed by atoms with E-state index in [1.165, 1.54) is 0 Å². The van der Waals surface area contributed by atoms with Crippen LogP contribution in [0.4, 0.5) is 13.2 Å². The maximum absolute atomic E-state index is 13.2. The van der Waals surface area contributed by atoms with Crippen molar-refractivity contribution in [1.82, 2.24) is 20.2 Å². The Labute approximate surface area is 202 Å². The van der Waals surface area contributed by atoms with Crippen LogP contribution >= 0.6 is 0 Å². The number of Topliss-reactive ketones (excluding diaryl/α,β-unsaturated/α-hetero) is 1. The van der Waals surface area contributed by atoms with Gasteiger partial charge in [0.2, 0.25) is 11.8 Å². The monoisotopic (exact) mass is 494 g/mol. The van der Waals surface area contributed by atoms with E-state index >= 15 is 0 Å². The molecular weight excluding hydrogens is 461 g/mol. The lowest BCUT2D eigenvalue weighted by Crippen LogP contribution is -2.49. The zero-order valence-electron chi connectivity index (χ0n) is 20.4. The van der Waals surface area contributed by atoms with Crippen LogP contribution in [0, 0.1) is 6.92 Å². The molecule has 3 rings (SSSR count). The molecule has 1 fully saturated rings. The molecule has 0 radical (unpaired) electrons. The summed E-state index contributed by atoms with van der Waals surface area (Å²) in [4.78, 5) is 47.7. The average Bonchev–Trinajstić information content (AvgIpc) is 3.23. The lowest BCUT2D eigenvalue weighted by atomic mass is 9.95. The second-order valence-corrected chi connectivity index (χ2v) is 9.43. The van der Waals surface area contributed by atoms with E-state index in [0.717, 1.165) is 42.3 Å². The molecule has 1 saturated heterocycles. The summed E-state index contributed by atoms with van der Waals surface area (Å²) in [6.45, 7) is 6.22. The highest BCUT2D eigenvalue weighted by Gasteiger charge is 2.35. The van der Waals surface area contributed by atoms with Crippen LogP contribution in [0.25, 0.3) is 11.0 Å². The number of H-pyrrole nitrogens is 1. The zero-order chi connectivity index (χ0) is 25.8. The number of halogens is 3. The van der Waals surface area contributed by atoms with E-state index in [4.69, 9.17) is 0 Å². The Morgan fingerprint density at radius 2 is 1.97 bits per heavy atom. The normalized spacial score (nSPS) is 18.3. The topological polar surface area (TPSA) is 95.2 Å². The van der Waals surface area contributed by atoms with Crippen molar-refractivity contribution in [1.29, 1.82) is 0 Å².